The van der Waals surface area contributed by atoms with Crippen LogP contribution in [0.4, 0.5) is 9.59 Å². The summed E-state index contributed by atoms with van der Waals surface area (Å²) >= 11 is 12.3. The highest BCUT2D eigenvalue weighted by Gasteiger charge is 2.45. The molecule has 4 amide bonds. The van der Waals surface area contributed by atoms with Gasteiger partial charge < -0.3 is 99.2 Å². The lowest BCUT2D eigenvalue weighted by atomic mass is 9.68. The number of carbonyl (C=O) groups excluding carboxylic acids is 7. The predicted octanol–water partition coefficient (Wildman–Crippen LogP) is 13.7. The number of benzene rings is 5. The molecule has 5 aromatic rings. The number of carbonyl (C=O) groups is 7. The van der Waals surface area contributed by atoms with E-state index in [9.17, 15) is 33.6 Å². The van der Waals surface area contributed by atoms with Gasteiger partial charge in [0.1, 0.15) is 11.2 Å². The zero-order valence-electron chi connectivity index (χ0n) is 71.0. The van der Waals surface area contributed by atoms with Crippen LogP contribution in [0.25, 0.3) is 0 Å². The lowest BCUT2D eigenvalue weighted by Crippen LogP contribution is -2.48. The molecule has 120 heavy (non-hydrogen) atoms. The standard InChI is InChI=1S/C33H45ClN2O7.C28H37ClN2O5.C21H33NO6.C6H16N2O2.2CH4.B.H2/c1-32(2,3)43-31(39)35-18-20-41-22-23-42-21-19-36(24-25-8-10-26(11-9-25)29(37)40-4)30(38)33(16-6-5-7-17-33)27-12-14-28(34)15-13-27;1-34-26(32)23-7-5-22(6-8-23)21-31(16-18-36-20-19-35-17-15-30)27(33)28(13-3-2-4-14-28)24-9-11-25(29)12-10-24;1-21(2,3)28-20(24)22-12-14-27-16-15-26-13-6-5-7-17-8-10-18(11-9-17)19(23)25-4;7-1-3-9-5-6-10-4-2-8;;;;/h8-15H,5-7,16-24H2,1-4H3,(H,35,39);5-12H,2-4,13-21,30H2,1H3;8-11H,5-7,12-16H2,1-4H3,(H,22,24);1-8H2;2*1H4;;1H/i;;;;;;;1+1. The second-order valence-corrected chi connectivity index (χ2v) is 30.8. The Balaban J connectivity index is 0.00000169. The van der Waals surface area contributed by atoms with Gasteiger partial charge in [-0.1, -0.05) is 137 Å². The van der Waals surface area contributed by atoms with Crippen molar-refractivity contribution < 1.29 is 96.6 Å². The fourth-order valence-electron chi connectivity index (χ4n) is 12.8. The number of methoxy groups -OCH3 is 3. The number of unbranched alkanes of at least 4 members (excludes halogenated alkanes) is 1. The fourth-order valence-corrected chi connectivity index (χ4v) is 13.1. The van der Waals surface area contributed by atoms with Crippen molar-refractivity contribution in [2.45, 2.75) is 175 Å². The summed E-state index contributed by atoms with van der Waals surface area (Å²) in [4.78, 5) is 90.6. The van der Waals surface area contributed by atoms with Crippen molar-refractivity contribution in [3.8, 4) is 0 Å². The molecular formula is C90H141BCl2N7O20. The molecule has 30 heteroatoms. The van der Waals surface area contributed by atoms with Crippen molar-refractivity contribution in [3.63, 3.8) is 0 Å². The van der Waals surface area contributed by atoms with E-state index in [2.05, 4.69) is 15.4 Å². The highest BCUT2D eigenvalue weighted by atomic mass is 35.5. The molecule has 0 aromatic heterocycles. The Hall–Kier alpha value is -7.81. The number of alkyl carbamates (subject to hydrolysis) is 2. The van der Waals surface area contributed by atoms with E-state index in [1.165, 1.54) is 26.9 Å². The van der Waals surface area contributed by atoms with Crippen molar-refractivity contribution in [1.29, 1.82) is 0 Å². The van der Waals surface area contributed by atoms with E-state index in [0.717, 1.165) is 106 Å². The van der Waals surface area contributed by atoms with Crippen LogP contribution < -0.4 is 27.8 Å². The van der Waals surface area contributed by atoms with Crippen molar-refractivity contribution >= 4 is 73.5 Å². The monoisotopic (exact) mass is 1720 g/mol. The van der Waals surface area contributed by atoms with Crippen LogP contribution in [0.1, 0.15) is 194 Å². The molecule has 2 saturated carbocycles. The fraction of sp³-hybridized carbons (Fsp3) is 0.589. The first-order valence-electron chi connectivity index (χ1n) is 40.6. The number of rotatable bonds is 46. The minimum atomic E-state index is -0.626. The summed E-state index contributed by atoms with van der Waals surface area (Å²) in [5.41, 5.74) is 20.1. The smallest absolute Gasteiger partial charge is 0.407 e. The second-order valence-electron chi connectivity index (χ2n) is 29.9. The lowest BCUT2D eigenvalue weighted by Gasteiger charge is -2.40. The summed E-state index contributed by atoms with van der Waals surface area (Å²) in [6.07, 6.45) is 11.4. The quantitative estimate of drug-likeness (QED) is 0.0105. The summed E-state index contributed by atoms with van der Waals surface area (Å²) in [7, 11) is 4.09. The van der Waals surface area contributed by atoms with E-state index in [1.807, 2.05) is 136 Å². The van der Waals surface area contributed by atoms with Gasteiger partial charge in [0.2, 0.25) is 11.8 Å². The van der Waals surface area contributed by atoms with Crippen LogP contribution in [0.15, 0.2) is 121 Å². The van der Waals surface area contributed by atoms with Gasteiger partial charge in [0.05, 0.1) is 148 Å². The zero-order chi connectivity index (χ0) is 85.6. The van der Waals surface area contributed by atoms with Gasteiger partial charge in [-0.15, -0.1) is 0 Å². The molecule has 0 unspecified atom stereocenters. The predicted molar refractivity (Wildman–Crippen MR) is 473 cm³/mol. The molecule has 0 heterocycles. The normalized spacial score (nSPS) is 13.1. The molecule has 5 aromatic carbocycles. The summed E-state index contributed by atoms with van der Waals surface area (Å²) < 4.78 is 68.2. The first-order valence-corrected chi connectivity index (χ1v) is 41.3. The summed E-state index contributed by atoms with van der Waals surface area (Å²) in [6, 6.07) is 37.1. The molecule has 0 bridgehead atoms. The molecule has 2 aliphatic rings. The van der Waals surface area contributed by atoms with Gasteiger partial charge in [0, 0.05) is 85.4 Å². The molecule has 27 nitrogen and oxygen atoms in total. The third-order valence-electron chi connectivity index (χ3n) is 18.6. The van der Waals surface area contributed by atoms with Gasteiger partial charge in [0.25, 0.3) is 0 Å². The number of ether oxygens (including phenoxy) is 13. The van der Waals surface area contributed by atoms with Crippen molar-refractivity contribution in [2.24, 2.45) is 17.2 Å². The van der Waals surface area contributed by atoms with E-state index in [-0.39, 0.29) is 48.4 Å². The number of aryl methyl sites for hydroxylation is 1. The number of halogens is 2. The Labute approximate surface area is 727 Å². The van der Waals surface area contributed by atoms with E-state index < -0.39 is 40.2 Å². The minimum Gasteiger partial charge on any atom is -0.465 e. The summed E-state index contributed by atoms with van der Waals surface area (Å²) in [6.45, 7) is 22.6. The topological polar surface area (TPSA) is 348 Å². The van der Waals surface area contributed by atoms with Crippen LogP contribution >= 0.6 is 23.2 Å². The second kappa shape index (κ2) is 63.2. The Morgan fingerprint density at radius 1 is 0.383 bits per heavy atom. The Morgan fingerprint density at radius 3 is 0.958 bits per heavy atom. The third kappa shape index (κ3) is 44.3. The van der Waals surface area contributed by atoms with Gasteiger partial charge >= 0.3 is 30.1 Å². The highest BCUT2D eigenvalue weighted by Crippen LogP contribution is 2.43. The van der Waals surface area contributed by atoms with Crippen molar-refractivity contribution in [1.82, 2.24) is 20.4 Å². The molecule has 0 atom stereocenters. The number of amides is 4. The van der Waals surface area contributed by atoms with Crippen LogP contribution in [0.3, 0.4) is 0 Å². The van der Waals surface area contributed by atoms with Crippen LogP contribution in [0.2, 0.25) is 10.0 Å². The molecule has 3 radical (unpaired) electrons. The van der Waals surface area contributed by atoms with Crippen LogP contribution in [0, 0.1) is 0 Å². The Bertz CT molecular complexity index is 3590. The average molecular weight is 1720 g/mol. The molecular weight excluding hydrogens is 1580 g/mol. The van der Waals surface area contributed by atoms with Gasteiger partial charge in [0.15, 0.2) is 0 Å². The SMILES string of the molecule is C.C.COC(=O)c1ccc(CCCCOCCOCCNC(=O)OC(C)(C)C)cc1.COC(=O)c1ccc(CN(CCOCCOCCN)C(=O)C2(c3ccc(Cl)cc3)CCCCC2)cc1.COC(=O)c1ccc(CN(CCOCCOCCNC(=O)OC(C)(C)C)C(=O)C2(c3ccc(Cl)cc3)CCCCC2)cc1.NCCOCCOCCN.[2HH].[B]. The molecule has 0 spiro atoms. The number of nitrogens with zero attached hydrogens (tertiary/aromatic N) is 2. The molecule has 2 fully saturated rings. The maximum absolute atomic E-state index is 14.4. The summed E-state index contributed by atoms with van der Waals surface area (Å²) in [5, 5.41) is 6.58. The Kier molecular flexibility index (Phi) is 58.0. The number of hydrogen-bond donors (Lipinski definition) is 5. The van der Waals surface area contributed by atoms with Gasteiger partial charge in [-0.25, -0.2) is 24.0 Å². The first-order chi connectivity index (χ1) is 56.3. The number of esters is 3. The Morgan fingerprint density at radius 2 is 0.667 bits per heavy atom. The first kappa shape index (κ1) is 110. The van der Waals surface area contributed by atoms with Crippen LogP contribution in [-0.4, -0.2) is 244 Å². The van der Waals surface area contributed by atoms with E-state index in [1.54, 1.807) is 36.4 Å². The summed E-state index contributed by atoms with van der Waals surface area (Å²) in [5.74, 6) is -0.935. The maximum Gasteiger partial charge on any atom is 0.407 e. The molecule has 0 saturated heterocycles. The van der Waals surface area contributed by atoms with E-state index >= 15 is 0 Å². The lowest BCUT2D eigenvalue weighted by molar-refractivity contribution is -0.141. The third-order valence-corrected chi connectivity index (χ3v) is 19.1. The molecule has 8 N–H and O–H groups in total. The average Bonchev–Trinajstić information content (AvgIpc) is 0.776. The maximum atomic E-state index is 14.4. The zero-order valence-corrected chi connectivity index (χ0v) is 72.6. The van der Waals surface area contributed by atoms with Crippen molar-refractivity contribution in [3.05, 3.63) is 176 Å². The number of nitrogens with one attached hydrogen (secondary N) is 2. The minimum absolute atomic E-state index is 0. The molecule has 2 aliphatic carbocycles. The van der Waals surface area contributed by atoms with Gasteiger partial charge in [-0.05, 0) is 175 Å². The molecule has 0 aliphatic heterocycles. The highest BCUT2D eigenvalue weighted by molar-refractivity contribution is 6.30. The van der Waals surface area contributed by atoms with Gasteiger partial charge in [-0.3, -0.25) is 9.59 Å². The van der Waals surface area contributed by atoms with E-state index in [0.29, 0.717) is 191 Å². The van der Waals surface area contributed by atoms with Crippen LogP contribution in [0.5, 0.6) is 0 Å². The number of hydrogen-bond acceptors (Lipinski definition) is 23. The molecule has 7 rings (SSSR count). The molecule has 673 valence electrons. The van der Waals surface area contributed by atoms with E-state index in [4.69, 9.17) is 97.2 Å². The van der Waals surface area contributed by atoms with Crippen molar-refractivity contribution in [2.75, 3.05) is 173 Å². The largest absolute Gasteiger partial charge is 0.465 e. The van der Waals surface area contributed by atoms with Gasteiger partial charge in [-0.2, -0.15) is 0 Å². The number of nitrogens with two attached hydrogens (primary N) is 3. The van der Waals surface area contributed by atoms with Crippen LogP contribution in [-0.2, 0) is 102 Å².